The smallest absolute Gasteiger partial charge is 0.382 e. The predicted molar refractivity (Wildman–Crippen MR) is 145 cm³/mol. The lowest BCUT2D eigenvalue weighted by Crippen LogP contribution is -2.51. The molecule has 5 rings (SSSR count). The van der Waals surface area contributed by atoms with E-state index in [0.29, 0.717) is 18.8 Å². The Hall–Kier alpha value is -2.94. The Balaban J connectivity index is 1.14. The van der Waals surface area contributed by atoms with E-state index in [4.69, 9.17) is 0 Å². The largest absolute Gasteiger partial charge is 0.416 e. The van der Waals surface area contributed by atoms with Crippen LogP contribution in [0.15, 0.2) is 36.4 Å². The van der Waals surface area contributed by atoms with Crippen molar-refractivity contribution < 1.29 is 18.0 Å². The highest BCUT2D eigenvalue weighted by Crippen LogP contribution is 2.34. The van der Waals surface area contributed by atoms with Gasteiger partial charge in [0.2, 0.25) is 0 Å². The monoisotopic (exact) mass is 529 g/mol. The van der Waals surface area contributed by atoms with Crippen molar-refractivity contribution in [2.24, 2.45) is 0 Å². The third-order valence-corrected chi connectivity index (χ3v) is 8.37. The van der Waals surface area contributed by atoms with E-state index in [0.717, 1.165) is 70.4 Å². The number of likely N-dealkylation sites (N-methyl/N-ethyl adjacent to an activating group) is 1. The van der Waals surface area contributed by atoms with Gasteiger partial charge in [0, 0.05) is 62.7 Å². The first-order valence-electron chi connectivity index (χ1n) is 13.7. The second kappa shape index (κ2) is 11.0. The number of benzene rings is 2. The number of alkyl halides is 3. The van der Waals surface area contributed by atoms with Crippen LogP contribution in [0.1, 0.15) is 41.5 Å². The Morgan fingerprint density at radius 1 is 0.868 bits per heavy atom. The maximum atomic E-state index is 13.1. The molecule has 0 saturated carbocycles. The van der Waals surface area contributed by atoms with Crippen molar-refractivity contribution in [1.82, 2.24) is 15.1 Å². The van der Waals surface area contributed by atoms with Gasteiger partial charge in [0.1, 0.15) is 0 Å². The first-order valence-corrected chi connectivity index (χ1v) is 13.7. The van der Waals surface area contributed by atoms with Crippen molar-refractivity contribution in [3.8, 4) is 0 Å². The number of amides is 2. The van der Waals surface area contributed by atoms with E-state index in [2.05, 4.69) is 46.5 Å². The molecule has 2 heterocycles. The van der Waals surface area contributed by atoms with Crippen LogP contribution in [0.3, 0.4) is 0 Å². The van der Waals surface area contributed by atoms with Gasteiger partial charge in [-0.05, 0) is 93.1 Å². The molecule has 2 amide bonds. The van der Waals surface area contributed by atoms with E-state index in [1.807, 2.05) is 4.90 Å². The minimum atomic E-state index is -4.33. The molecule has 0 aromatic heterocycles. The van der Waals surface area contributed by atoms with Crippen LogP contribution in [0.25, 0.3) is 0 Å². The standard InChI is InChI=1S/C29H38F3N5O/c1-20-3-10-27(36-17-15-35(2)16-18-36)26-19-24(8-9-25(20)26)34-28(38)37-13-11-23(12-14-37)33-22-6-4-21(5-7-22)29(30,31)32/h3-7,10,23-24,33H,8-9,11-19H2,1-2H3,(H,34,38)/t24-/m0/s1. The second-order valence-electron chi connectivity index (χ2n) is 11.0. The molecule has 9 heteroatoms. The van der Waals surface area contributed by atoms with Crippen LogP contribution in [-0.2, 0) is 19.0 Å². The molecule has 38 heavy (non-hydrogen) atoms. The zero-order chi connectivity index (χ0) is 26.9. The number of halogens is 3. The minimum absolute atomic E-state index is 0.0137. The summed E-state index contributed by atoms with van der Waals surface area (Å²) < 4.78 is 38.4. The number of fused-ring (bicyclic) bond motifs is 1. The molecule has 2 fully saturated rings. The van der Waals surface area contributed by atoms with Gasteiger partial charge in [-0.2, -0.15) is 13.2 Å². The Labute approximate surface area is 223 Å². The highest BCUT2D eigenvalue weighted by atomic mass is 19.4. The van der Waals surface area contributed by atoms with Crippen LogP contribution < -0.4 is 15.5 Å². The number of hydrogen-bond donors (Lipinski definition) is 2. The average Bonchev–Trinajstić information content (AvgIpc) is 2.90. The summed E-state index contributed by atoms with van der Waals surface area (Å²) in [5.74, 6) is 0. The summed E-state index contributed by atoms with van der Waals surface area (Å²) in [6.07, 6.45) is -0.0348. The van der Waals surface area contributed by atoms with E-state index in [1.165, 1.54) is 34.5 Å². The lowest BCUT2D eigenvalue weighted by atomic mass is 9.84. The van der Waals surface area contributed by atoms with Crippen LogP contribution in [-0.4, -0.2) is 74.2 Å². The van der Waals surface area contributed by atoms with Crippen molar-refractivity contribution in [1.29, 1.82) is 0 Å². The van der Waals surface area contributed by atoms with Crippen molar-refractivity contribution >= 4 is 17.4 Å². The molecular formula is C29H38F3N5O. The van der Waals surface area contributed by atoms with Gasteiger partial charge < -0.3 is 25.3 Å². The van der Waals surface area contributed by atoms with Gasteiger partial charge in [-0.1, -0.05) is 6.07 Å². The molecule has 1 aliphatic carbocycles. The fourth-order valence-electron chi connectivity index (χ4n) is 5.99. The Morgan fingerprint density at radius 3 is 2.21 bits per heavy atom. The summed E-state index contributed by atoms with van der Waals surface area (Å²) in [5.41, 5.74) is 5.53. The predicted octanol–water partition coefficient (Wildman–Crippen LogP) is 4.91. The number of piperazine rings is 1. The summed E-state index contributed by atoms with van der Waals surface area (Å²) in [6.45, 7) is 7.61. The third-order valence-electron chi connectivity index (χ3n) is 8.37. The van der Waals surface area contributed by atoms with Gasteiger partial charge in [-0.3, -0.25) is 0 Å². The van der Waals surface area contributed by atoms with E-state index >= 15 is 0 Å². The molecule has 3 aliphatic rings. The van der Waals surface area contributed by atoms with Crippen molar-refractivity contribution in [2.45, 2.75) is 57.3 Å². The number of piperidine rings is 1. The summed E-state index contributed by atoms with van der Waals surface area (Å²) in [6, 6.07) is 9.89. The van der Waals surface area contributed by atoms with E-state index in [-0.39, 0.29) is 18.1 Å². The van der Waals surface area contributed by atoms with Gasteiger partial charge in [0.05, 0.1) is 5.56 Å². The number of urea groups is 1. The molecule has 2 aliphatic heterocycles. The first kappa shape index (κ1) is 26.7. The molecule has 6 nitrogen and oxygen atoms in total. The van der Waals surface area contributed by atoms with Gasteiger partial charge in [-0.15, -0.1) is 0 Å². The Bertz CT molecular complexity index is 1120. The lowest BCUT2D eigenvalue weighted by molar-refractivity contribution is -0.137. The number of nitrogens with one attached hydrogen (secondary N) is 2. The molecule has 2 N–H and O–H groups in total. The normalized spacial score (nSPS) is 21.2. The number of likely N-dealkylation sites (tertiary alicyclic amines) is 1. The summed E-state index contributed by atoms with van der Waals surface area (Å²) in [7, 11) is 2.17. The van der Waals surface area contributed by atoms with Crippen LogP contribution in [0.4, 0.5) is 29.3 Å². The van der Waals surface area contributed by atoms with Gasteiger partial charge >= 0.3 is 12.2 Å². The average molecular weight is 530 g/mol. The van der Waals surface area contributed by atoms with E-state index < -0.39 is 11.7 Å². The summed E-state index contributed by atoms with van der Waals surface area (Å²) in [5, 5.41) is 6.63. The van der Waals surface area contributed by atoms with Crippen LogP contribution in [0.2, 0.25) is 0 Å². The summed E-state index contributed by atoms with van der Waals surface area (Å²) in [4.78, 5) is 19.9. The fourth-order valence-corrected chi connectivity index (χ4v) is 5.99. The maximum Gasteiger partial charge on any atom is 0.416 e. The highest BCUT2D eigenvalue weighted by Gasteiger charge is 2.31. The number of rotatable bonds is 4. The zero-order valence-corrected chi connectivity index (χ0v) is 22.3. The molecule has 2 aromatic rings. The first-order chi connectivity index (χ1) is 18.2. The topological polar surface area (TPSA) is 50.9 Å². The number of hydrogen-bond acceptors (Lipinski definition) is 4. The fraction of sp³-hybridized carbons (Fsp3) is 0.552. The van der Waals surface area contributed by atoms with Crippen molar-refractivity contribution in [3.05, 3.63) is 58.7 Å². The minimum Gasteiger partial charge on any atom is -0.382 e. The Kier molecular flexibility index (Phi) is 7.75. The van der Waals surface area contributed by atoms with Crippen LogP contribution >= 0.6 is 0 Å². The molecule has 0 radical (unpaired) electrons. The van der Waals surface area contributed by atoms with E-state index in [1.54, 1.807) is 0 Å². The maximum absolute atomic E-state index is 13.1. The zero-order valence-electron chi connectivity index (χ0n) is 22.3. The van der Waals surface area contributed by atoms with Crippen LogP contribution in [0.5, 0.6) is 0 Å². The number of aryl methyl sites for hydroxylation is 1. The van der Waals surface area contributed by atoms with E-state index in [9.17, 15) is 18.0 Å². The second-order valence-corrected chi connectivity index (χ2v) is 11.0. The number of anilines is 2. The quantitative estimate of drug-likeness (QED) is 0.591. The summed E-state index contributed by atoms with van der Waals surface area (Å²) >= 11 is 0. The molecule has 206 valence electrons. The number of carbonyl (C=O) groups is 1. The molecule has 0 bridgehead atoms. The van der Waals surface area contributed by atoms with Crippen molar-refractivity contribution in [3.63, 3.8) is 0 Å². The van der Waals surface area contributed by atoms with Crippen molar-refractivity contribution in [2.75, 3.05) is 56.5 Å². The third kappa shape index (κ3) is 6.03. The van der Waals surface area contributed by atoms with Gasteiger partial charge in [-0.25, -0.2) is 4.79 Å². The molecule has 1 atom stereocenters. The number of nitrogens with zero attached hydrogens (tertiary/aromatic N) is 3. The SMILES string of the molecule is Cc1ccc(N2CCN(C)CC2)c2c1CC[C@H](NC(=O)N1CCC(Nc3ccc(C(F)(F)F)cc3)CC1)C2. The molecule has 0 unspecified atom stereocenters. The highest BCUT2D eigenvalue weighted by molar-refractivity contribution is 5.75. The molecular weight excluding hydrogens is 491 g/mol. The van der Waals surface area contributed by atoms with Gasteiger partial charge in [0.15, 0.2) is 0 Å². The molecule has 2 aromatic carbocycles. The van der Waals surface area contributed by atoms with Gasteiger partial charge in [0.25, 0.3) is 0 Å². The van der Waals surface area contributed by atoms with Crippen LogP contribution in [0, 0.1) is 6.92 Å². The molecule has 0 spiro atoms. The Morgan fingerprint density at radius 2 is 1.55 bits per heavy atom. The number of carbonyl (C=O) groups excluding carboxylic acids is 1. The lowest BCUT2D eigenvalue weighted by Gasteiger charge is -2.38. The molecule has 2 saturated heterocycles.